The maximum absolute atomic E-state index is 15.0. The molecule has 1 aliphatic rings. The summed E-state index contributed by atoms with van der Waals surface area (Å²) in [5.41, 5.74) is 1.83. The van der Waals surface area contributed by atoms with Crippen LogP contribution in [0, 0.1) is 17.0 Å². The normalized spacial score (nSPS) is 14.7. The van der Waals surface area contributed by atoms with E-state index in [9.17, 15) is 14.3 Å². The lowest BCUT2D eigenvalue weighted by Gasteiger charge is -2.39. The lowest BCUT2D eigenvalue weighted by Crippen LogP contribution is -2.46. The van der Waals surface area contributed by atoms with E-state index in [4.69, 9.17) is 4.52 Å². The van der Waals surface area contributed by atoms with Crippen molar-refractivity contribution in [3.05, 3.63) is 102 Å². The quantitative estimate of drug-likeness (QED) is 0.277. The Labute approximate surface area is 234 Å². The Balaban J connectivity index is 1.28. The molecule has 1 N–H and O–H groups in total. The predicted molar refractivity (Wildman–Crippen MR) is 146 cm³/mol. The third-order valence-corrected chi connectivity index (χ3v) is 7.57. The third kappa shape index (κ3) is 5.30. The maximum Gasteiger partial charge on any atom is 0.310 e. The van der Waals surface area contributed by atoms with E-state index in [0.717, 1.165) is 11.8 Å². The number of halogens is 2. The van der Waals surface area contributed by atoms with E-state index in [2.05, 4.69) is 20.2 Å². The Morgan fingerprint density at radius 1 is 0.976 bits per heavy atom. The second-order valence-corrected chi connectivity index (χ2v) is 10.1. The zero-order chi connectivity index (χ0) is 28.4. The van der Waals surface area contributed by atoms with Crippen molar-refractivity contribution < 1.29 is 23.2 Å². The highest BCUT2D eigenvalue weighted by molar-refractivity contribution is 5.75. The highest BCUT2D eigenvalue weighted by atomic mass is 19.1. The number of carboxylic acids is 1. The van der Waals surface area contributed by atoms with E-state index in [1.165, 1.54) is 12.3 Å². The SMILES string of the molecule is O=C(O)C1(Cc2ccccc2)CCN(c2nc(-c3cc(-c4ccon4)n(Cc4ccccc4F)n3)ncc2F)CC1. The van der Waals surface area contributed by atoms with Crippen LogP contribution in [0.3, 0.4) is 0 Å². The van der Waals surface area contributed by atoms with Crippen molar-refractivity contribution in [1.29, 1.82) is 0 Å². The van der Waals surface area contributed by atoms with Crippen molar-refractivity contribution in [2.45, 2.75) is 25.8 Å². The number of carboxylic acid groups (broad SMARTS) is 1. The van der Waals surface area contributed by atoms with Crippen LogP contribution in [0.4, 0.5) is 14.6 Å². The van der Waals surface area contributed by atoms with Crippen molar-refractivity contribution in [2.24, 2.45) is 5.41 Å². The summed E-state index contributed by atoms with van der Waals surface area (Å²) in [5, 5.41) is 18.7. The van der Waals surface area contributed by atoms with Gasteiger partial charge in [-0.1, -0.05) is 53.7 Å². The molecule has 1 fully saturated rings. The number of aliphatic carboxylic acids is 1. The Morgan fingerprint density at radius 3 is 2.44 bits per heavy atom. The predicted octanol–water partition coefficient (Wildman–Crippen LogP) is 5.24. The topological polar surface area (TPSA) is 110 Å². The van der Waals surface area contributed by atoms with E-state index in [1.54, 1.807) is 39.9 Å². The molecule has 11 heteroatoms. The molecule has 0 spiro atoms. The van der Waals surface area contributed by atoms with Gasteiger partial charge in [-0.15, -0.1) is 0 Å². The number of benzene rings is 2. The highest BCUT2D eigenvalue weighted by Crippen LogP contribution is 2.37. The van der Waals surface area contributed by atoms with Crippen molar-refractivity contribution in [1.82, 2.24) is 24.9 Å². The van der Waals surface area contributed by atoms with E-state index >= 15 is 4.39 Å². The largest absolute Gasteiger partial charge is 0.481 e. The van der Waals surface area contributed by atoms with Crippen molar-refractivity contribution in [3.63, 3.8) is 0 Å². The van der Waals surface area contributed by atoms with Gasteiger partial charge in [0.05, 0.1) is 23.9 Å². The average Bonchev–Trinajstić information content (AvgIpc) is 3.66. The Kier molecular flexibility index (Phi) is 7.00. The fourth-order valence-corrected chi connectivity index (χ4v) is 5.29. The van der Waals surface area contributed by atoms with Gasteiger partial charge >= 0.3 is 5.97 Å². The summed E-state index contributed by atoms with van der Waals surface area (Å²) < 4.78 is 36.0. The van der Waals surface area contributed by atoms with Crippen molar-refractivity contribution in [3.8, 4) is 22.9 Å². The number of hydrogen-bond acceptors (Lipinski definition) is 7. The second kappa shape index (κ2) is 10.9. The molecule has 0 aliphatic carbocycles. The third-order valence-electron chi connectivity index (χ3n) is 7.57. The average molecular weight is 557 g/mol. The monoisotopic (exact) mass is 556 g/mol. The minimum Gasteiger partial charge on any atom is -0.481 e. The van der Waals surface area contributed by atoms with Crippen LogP contribution in [0.25, 0.3) is 22.9 Å². The molecule has 4 heterocycles. The summed E-state index contributed by atoms with van der Waals surface area (Å²) in [4.78, 5) is 22.8. The second-order valence-electron chi connectivity index (χ2n) is 10.1. The molecule has 1 aliphatic heterocycles. The first-order valence-electron chi connectivity index (χ1n) is 13.2. The molecule has 0 unspecified atom stereocenters. The molecule has 0 atom stereocenters. The summed E-state index contributed by atoms with van der Waals surface area (Å²) in [6, 6.07) is 19.3. The molecule has 6 rings (SSSR count). The van der Waals surface area contributed by atoms with E-state index in [-0.39, 0.29) is 24.0 Å². The van der Waals surface area contributed by atoms with Crippen LogP contribution in [0.5, 0.6) is 0 Å². The van der Waals surface area contributed by atoms with Gasteiger partial charge in [0, 0.05) is 24.7 Å². The summed E-state index contributed by atoms with van der Waals surface area (Å²) in [7, 11) is 0. The maximum atomic E-state index is 15.0. The van der Waals surface area contributed by atoms with Crippen LogP contribution in [0.2, 0.25) is 0 Å². The molecule has 0 amide bonds. The molecule has 41 heavy (non-hydrogen) atoms. The van der Waals surface area contributed by atoms with Gasteiger partial charge in [-0.2, -0.15) is 5.10 Å². The first kappa shape index (κ1) is 26.3. The standard InChI is InChI=1S/C30H26F2N6O3/c31-22-9-5-4-8-21(22)19-38-26(24-10-15-41-36-24)16-25(35-38)27-33-18-23(32)28(34-27)37-13-11-30(12-14-37,29(39)40)17-20-6-2-1-3-7-20/h1-10,15-16,18H,11-14,17,19H2,(H,39,40). The van der Waals surface area contributed by atoms with Gasteiger partial charge in [-0.05, 0) is 37.0 Å². The van der Waals surface area contributed by atoms with Crippen LogP contribution >= 0.6 is 0 Å². The molecular weight excluding hydrogens is 530 g/mol. The zero-order valence-corrected chi connectivity index (χ0v) is 22.0. The van der Waals surface area contributed by atoms with Crippen LogP contribution in [0.1, 0.15) is 24.0 Å². The first-order chi connectivity index (χ1) is 19.9. The molecule has 3 aromatic heterocycles. The fraction of sp³-hybridized carbons (Fsp3) is 0.233. The molecule has 208 valence electrons. The van der Waals surface area contributed by atoms with Gasteiger partial charge in [0.1, 0.15) is 23.5 Å². The van der Waals surface area contributed by atoms with Gasteiger partial charge in [0.15, 0.2) is 17.5 Å². The molecule has 5 aromatic rings. The first-order valence-corrected chi connectivity index (χ1v) is 13.2. The Bertz CT molecular complexity index is 1670. The van der Waals surface area contributed by atoms with Gasteiger partial charge in [0.2, 0.25) is 0 Å². The summed E-state index contributed by atoms with van der Waals surface area (Å²) in [6.45, 7) is 0.755. The van der Waals surface area contributed by atoms with Crippen LogP contribution < -0.4 is 4.90 Å². The van der Waals surface area contributed by atoms with E-state index < -0.39 is 17.2 Å². The number of carbonyl (C=O) groups is 1. The van der Waals surface area contributed by atoms with E-state index in [0.29, 0.717) is 55.0 Å². The lowest BCUT2D eigenvalue weighted by molar-refractivity contribution is -0.150. The summed E-state index contributed by atoms with van der Waals surface area (Å²) in [5.74, 6) is -1.57. The Morgan fingerprint density at radius 2 is 1.73 bits per heavy atom. The van der Waals surface area contributed by atoms with Gasteiger partial charge in [0.25, 0.3) is 0 Å². The molecule has 0 radical (unpaired) electrons. The number of hydrogen-bond donors (Lipinski definition) is 1. The molecule has 0 bridgehead atoms. The highest BCUT2D eigenvalue weighted by Gasteiger charge is 2.42. The van der Waals surface area contributed by atoms with Crippen LogP contribution in [0.15, 0.2) is 83.7 Å². The minimum atomic E-state index is -0.942. The van der Waals surface area contributed by atoms with Gasteiger partial charge < -0.3 is 14.5 Å². The molecule has 2 aromatic carbocycles. The Hall–Kier alpha value is -4.93. The van der Waals surface area contributed by atoms with Crippen molar-refractivity contribution >= 4 is 11.8 Å². The number of piperidine rings is 1. The number of rotatable bonds is 8. The fourth-order valence-electron chi connectivity index (χ4n) is 5.29. The lowest BCUT2D eigenvalue weighted by atomic mass is 9.74. The summed E-state index contributed by atoms with van der Waals surface area (Å²) >= 11 is 0. The smallest absolute Gasteiger partial charge is 0.310 e. The molecule has 1 saturated heterocycles. The van der Waals surface area contributed by atoms with Crippen molar-refractivity contribution in [2.75, 3.05) is 18.0 Å². The molecular formula is C30H26F2N6O3. The number of nitrogens with zero attached hydrogens (tertiary/aromatic N) is 6. The van der Waals surface area contributed by atoms with Crippen LogP contribution in [-0.4, -0.2) is 49.1 Å². The molecule has 9 nitrogen and oxygen atoms in total. The summed E-state index contributed by atoms with van der Waals surface area (Å²) in [6.07, 6.45) is 3.59. The number of aromatic nitrogens is 5. The van der Waals surface area contributed by atoms with E-state index in [1.807, 2.05) is 30.3 Å². The van der Waals surface area contributed by atoms with Gasteiger partial charge in [-0.3, -0.25) is 9.48 Å². The zero-order valence-electron chi connectivity index (χ0n) is 22.0. The van der Waals surface area contributed by atoms with Gasteiger partial charge in [-0.25, -0.2) is 18.7 Å². The number of anilines is 1. The minimum absolute atomic E-state index is 0.0836. The van der Waals surface area contributed by atoms with Crippen LogP contribution in [-0.2, 0) is 17.8 Å². The molecule has 0 saturated carbocycles.